The third-order valence-corrected chi connectivity index (χ3v) is 22.1. The molecule has 6 aromatic carbocycles. The summed E-state index contributed by atoms with van der Waals surface area (Å²) < 4.78 is 116. The first-order valence-electron chi connectivity index (χ1n) is 35.4. The number of sulfonamides is 2. The van der Waals surface area contributed by atoms with E-state index in [9.17, 15) is 41.4 Å². The smallest absolute Gasteiger partial charge is 0.489 e. The predicted molar refractivity (Wildman–Crippen MR) is 390 cm³/mol. The van der Waals surface area contributed by atoms with Gasteiger partial charge >= 0.3 is 18.3 Å². The van der Waals surface area contributed by atoms with Crippen LogP contribution in [0.15, 0.2) is 184 Å². The number of nitrogens with zero attached hydrogens (tertiary/aromatic N) is 3. The third kappa shape index (κ3) is 24.6. The molecular formula is C75H95N5O21P2S2. The van der Waals surface area contributed by atoms with Crippen molar-refractivity contribution >= 4 is 56.4 Å². The van der Waals surface area contributed by atoms with Crippen molar-refractivity contribution in [2.24, 2.45) is 16.4 Å². The maximum Gasteiger partial charge on any atom is 0.518 e. The largest absolute Gasteiger partial charge is 0.518 e. The van der Waals surface area contributed by atoms with E-state index >= 15 is 0 Å². The Hall–Kier alpha value is -7.24. The van der Waals surface area contributed by atoms with E-state index < -0.39 is 87.5 Å². The highest BCUT2D eigenvalue weighted by Crippen LogP contribution is 2.36. The summed E-state index contributed by atoms with van der Waals surface area (Å²) in [6, 6.07) is 48.6. The van der Waals surface area contributed by atoms with Crippen molar-refractivity contribution in [1.29, 1.82) is 0 Å². The first-order chi connectivity index (χ1) is 50.6. The van der Waals surface area contributed by atoms with Gasteiger partial charge in [0, 0.05) is 12.1 Å². The maximum atomic E-state index is 14.1. The number of benzene rings is 6. The number of carbonyl (C=O) groups excluding carboxylic acids is 3. The van der Waals surface area contributed by atoms with Crippen LogP contribution in [-0.2, 0) is 93.5 Å². The van der Waals surface area contributed by atoms with Crippen LogP contribution in [0, 0.1) is 11.8 Å². The standard InChI is InChI=1S/C35H42N2O9S.C33H42N2O7S.C7H11NO5P2/c38-32(31(20-25-10-3-1-4-11-25)36-35(39)45-33-24-44-34-30(33)18-19-42-34)22-37(46-27-14-7-8-15-27)47(40,41)29-17-9-16-28(21-29)43-23-26-12-5-2-6-13-26;1-33(2,3)41-32(37)34-30(21-25-13-6-4-7-14-25)31(36)23-35(42-27-17-10-11-18-27)43(38,39)29-20-12-19-28(22-29)40-24-26-15-8-5-9-16-26;9-7(13-15-8-14)12-5-3-11-6-4(5)1-2-10-6/h1-6,9-13,16-17,21,27,30-34,38H,7-8,14-15,18-20,22-24H2,(H,36,39);4-9,12-16,19-20,22,27,30-31,36H,10-11,17-18,21,23-24H2,1-3H3,(H,34,37);4-6H,1-3,14H2/t30-,31-,32+,33?,34+;30-,31+;4-,5-,6+/m000/s1. The van der Waals surface area contributed by atoms with E-state index in [1.165, 1.54) is 24.3 Å². The van der Waals surface area contributed by atoms with E-state index in [1.54, 1.807) is 45.0 Å². The number of fused-ring (bicyclic) bond motifs is 2. The molecule has 12 rings (SSSR count). The van der Waals surface area contributed by atoms with Crippen molar-refractivity contribution in [3.63, 3.8) is 0 Å². The second-order valence-corrected chi connectivity index (χ2v) is 32.1. The molecule has 30 heteroatoms. The highest BCUT2D eigenvalue weighted by Gasteiger charge is 2.46. The zero-order chi connectivity index (χ0) is 74.2. The first-order valence-corrected chi connectivity index (χ1v) is 39.6. The molecule has 11 atom stereocenters. The van der Waals surface area contributed by atoms with Crippen LogP contribution in [0.25, 0.3) is 0 Å². The summed E-state index contributed by atoms with van der Waals surface area (Å²) in [5.74, 6) is 0.863. The Morgan fingerprint density at radius 1 is 0.543 bits per heavy atom. The van der Waals surface area contributed by atoms with Crippen molar-refractivity contribution in [3.8, 4) is 11.5 Å². The van der Waals surface area contributed by atoms with Crippen molar-refractivity contribution in [3.05, 3.63) is 192 Å². The number of rotatable bonds is 29. The van der Waals surface area contributed by atoms with Gasteiger partial charge in [-0.2, -0.15) is 0 Å². The molecule has 0 aromatic heterocycles. The van der Waals surface area contributed by atoms with Crippen LogP contribution in [0.2, 0.25) is 0 Å². The minimum Gasteiger partial charge on any atom is -0.489 e. The summed E-state index contributed by atoms with van der Waals surface area (Å²) >= 11 is 0. The quantitative estimate of drug-likeness (QED) is 0.0147. The van der Waals surface area contributed by atoms with Gasteiger partial charge in [-0.15, -0.1) is 0 Å². The van der Waals surface area contributed by atoms with Gasteiger partial charge in [-0.05, 0) is 128 Å². The molecule has 2 unspecified atom stereocenters. The number of ether oxygens (including phenoxy) is 9. The molecule has 2 aliphatic carbocycles. The van der Waals surface area contributed by atoms with E-state index in [0.29, 0.717) is 57.0 Å². The second kappa shape index (κ2) is 39.6. The van der Waals surface area contributed by atoms with Gasteiger partial charge in [0.25, 0.3) is 28.6 Å². The molecule has 4 aliphatic heterocycles. The molecule has 4 saturated heterocycles. The third-order valence-electron chi connectivity index (χ3n) is 18.2. The van der Waals surface area contributed by atoms with Crippen LogP contribution in [-0.4, -0.2) is 161 Å². The van der Waals surface area contributed by atoms with E-state index in [2.05, 4.69) is 29.1 Å². The van der Waals surface area contributed by atoms with Crippen LogP contribution >= 0.6 is 18.0 Å². The highest BCUT2D eigenvalue weighted by atomic mass is 32.2. The number of hydrogen-bond acceptors (Lipinski definition) is 22. The molecule has 4 N–H and O–H groups in total. The van der Waals surface area contributed by atoms with Gasteiger partial charge < -0.3 is 68.0 Å². The van der Waals surface area contributed by atoms with Gasteiger partial charge in [0.15, 0.2) is 12.6 Å². The Balaban J connectivity index is 0.000000188. The fourth-order valence-electron chi connectivity index (χ4n) is 12.8. The van der Waals surface area contributed by atoms with Crippen molar-refractivity contribution in [2.75, 3.05) is 39.5 Å². The minimum atomic E-state index is -4.26. The number of alkyl carbamates (subject to hydrolysis) is 2. The summed E-state index contributed by atoms with van der Waals surface area (Å²) in [5, 5.41) is 28.6. The molecule has 0 radical (unpaired) electrons. The number of hydrogen-bond donors (Lipinski definition) is 4. The van der Waals surface area contributed by atoms with Gasteiger partial charge in [-0.1, -0.05) is 168 Å². The van der Waals surface area contributed by atoms with Gasteiger partial charge in [-0.3, -0.25) is 9.68 Å². The van der Waals surface area contributed by atoms with Crippen molar-refractivity contribution < 1.29 is 98.3 Å². The number of aliphatic hydroxyl groups is 2. The fourth-order valence-corrected chi connectivity index (χ4v) is 15.8. The lowest BCUT2D eigenvalue weighted by atomic mass is 10.0. The van der Waals surface area contributed by atoms with E-state index in [1.807, 2.05) is 121 Å². The molecule has 6 aromatic rings. The van der Waals surface area contributed by atoms with Gasteiger partial charge in [0.1, 0.15) is 42.5 Å². The Bertz CT molecular complexity index is 3940. The topological polar surface area (TPSA) is 314 Å². The normalized spacial score (nSPS) is 21.4. The van der Waals surface area contributed by atoms with E-state index in [-0.39, 0.29) is 93.8 Å². The lowest BCUT2D eigenvalue weighted by Gasteiger charge is -2.31. The van der Waals surface area contributed by atoms with Crippen LogP contribution in [0.1, 0.15) is 107 Å². The fraction of sp³-hybridized carbons (Fsp3) is 0.480. The van der Waals surface area contributed by atoms with Gasteiger partial charge in [-0.25, -0.2) is 35.7 Å². The monoisotopic (exact) mass is 1530 g/mol. The number of nitrogens with one attached hydrogen (secondary N) is 2. The molecule has 26 nitrogen and oxygen atoms in total. The lowest BCUT2D eigenvalue weighted by Crippen LogP contribution is -2.51. The molecule has 0 spiro atoms. The van der Waals surface area contributed by atoms with Crippen LogP contribution in [0.4, 0.5) is 14.4 Å². The lowest BCUT2D eigenvalue weighted by molar-refractivity contribution is -0.145. The summed E-state index contributed by atoms with van der Waals surface area (Å²) in [5.41, 5.74) is 2.85. The predicted octanol–water partition coefficient (Wildman–Crippen LogP) is 12.0. The summed E-state index contributed by atoms with van der Waals surface area (Å²) in [7, 11) is -6.17. The second-order valence-electron chi connectivity index (χ2n) is 27.2. The average molecular weight is 1530 g/mol. The summed E-state index contributed by atoms with van der Waals surface area (Å²) in [4.78, 5) is 49.1. The number of carbonyl (C=O) groups is 3. The molecule has 6 fully saturated rings. The number of hydroxylamine groups is 2. The Morgan fingerprint density at radius 3 is 1.35 bits per heavy atom. The summed E-state index contributed by atoms with van der Waals surface area (Å²) in [6.45, 7) is 6.77. The van der Waals surface area contributed by atoms with Gasteiger partial charge in [0.2, 0.25) is 0 Å². The number of aliphatic hydroxyl groups excluding tert-OH is 2. The van der Waals surface area contributed by atoms with Gasteiger partial charge in [0.05, 0.1) is 97.6 Å². The zero-order valence-electron chi connectivity index (χ0n) is 59.1. The molecule has 6 aliphatic rings. The Labute approximate surface area is 618 Å². The summed E-state index contributed by atoms with van der Waals surface area (Å²) in [6.07, 6.45) is 1.84. The highest BCUT2D eigenvalue weighted by molar-refractivity contribution is 7.89. The van der Waals surface area contributed by atoms with E-state index in [0.717, 1.165) is 69.7 Å². The Kier molecular flexibility index (Phi) is 30.3. The maximum absolute atomic E-state index is 14.1. The van der Waals surface area contributed by atoms with Crippen molar-refractivity contribution in [2.45, 2.75) is 188 Å². The molecule has 105 heavy (non-hydrogen) atoms. The molecule has 2 saturated carbocycles. The van der Waals surface area contributed by atoms with Crippen LogP contribution < -0.4 is 20.1 Å². The molecule has 2 amide bonds. The molecule has 0 bridgehead atoms. The average Bonchev–Trinajstić information content (AvgIpc) is 1.39. The zero-order valence-corrected chi connectivity index (χ0v) is 62.8. The van der Waals surface area contributed by atoms with Crippen molar-refractivity contribution in [1.82, 2.24) is 19.6 Å². The molecule has 568 valence electrons. The number of amides is 2. The minimum absolute atomic E-state index is 0.0250. The van der Waals surface area contributed by atoms with E-state index in [4.69, 9.17) is 52.3 Å². The Morgan fingerprint density at radius 2 is 0.943 bits per heavy atom. The van der Waals surface area contributed by atoms with Crippen LogP contribution in [0.5, 0.6) is 11.5 Å². The molecule has 4 heterocycles. The SMILES string of the molecule is CC(C)(C)OC(=O)N[C@@H](Cc1ccccc1)[C@H](O)CN(OC1CCCC1)S(=O)(=O)c1cccc(OCc2ccccc2)c1.O=C(N[C@@H](Cc1ccccc1)[C@H](O)CN(OC1CCCC1)S(=O)(=O)c1cccc(OCc2ccccc2)c1)OC1CO[C@H]2OCC[C@@H]12.O=C(OP=NP)O[C@H]1CO[C@H]2OCC[C@H]21. The van der Waals surface area contributed by atoms with Crippen LogP contribution in [0.3, 0.4) is 0 Å². The first kappa shape index (κ1) is 80.3. The molecular weight excluding hydrogens is 1430 g/mol.